The fourth-order valence-electron chi connectivity index (χ4n) is 3.56. The second-order valence-electron chi connectivity index (χ2n) is 7.68. The van der Waals surface area contributed by atoms with Crippen molar-refractivity contribution in [3.8, 4) is 0 Å². The van der Waals surface area contributed by atoms with Crippen molar-refractivity contribution in [2.45, 2.75) is 36.8 Å². The number of hydrogen-bond donors (Lipinski definition) is 2. The monoisotopic (exact) mass is 489 g/mol. The fraction of sp³-hybridized carbons (Fsp3) is 0.409. The molecule has 1 aromatic carbocycles. The van der Waals surface area contributed by atoms with Crippen LogP contribution < -0.4 is 15.5 Å². The molecule has 1 amide bonds. The van der Waals surface area contributed by atoms with Gasteiger partial charge in [-0.25, -0.2) is 0 Å². The number of carbonyl (C=O) groups excluding carboxylic acids is 1. The van der Waals surface area contributed by atoms with E-state index in [0.717, 1.165) is 46.9 Å². The molecule has 0 radical (unpaired) electrons. The largest absolute Gasteiger partial charge is 0.372 e. The van der Waals surface area contributed by atoms with Crippen molar-refractivity contribution in [1.29, 1.82) is 0 Å². The number of benzene rings is 1. The van der Waals surface area contributed by atoms with Gasteiger partial charge < -0.3 is 20.3 Å². The van der Waals surface area contributed by atoms with E-state index in [1.54, 1.807) is 11.3 Å². The van der Waals surface area contributed by atoms with Crippen LogP contribution in [0.25, 0.3) is 0 Å². The van der Waals surface area contributed by atoms with Crippen LogP contribution in [0.15, 0.2) is 46.1 Å². The van der Waals surface area contributed by atoms with Gasteiger partial charge in [0.15, 0.2) is 4.34 Å². The molecule has 10 heteroatoms. The molecule has 0 spiro atoms. The molecule has 1 aliphatic rings. The molecule has 2 aromatic heterocycles. The number of aromatic nitrogens is 2. The molecule has 1 saturated heterocycles. The van der Waals surface area contributed by atoms with Gasteiger partial charge in [-0.3, -0.25) is 4.79 Å². The molecule has 1 fully saturated rings. The number of amides is 1. The quantitative estimate of drug-likeness (QED) is 0.425. The van der Waals surface area contributed by atoms with Crippen LogP contribution in [-0.2, 0) is 16.0 Å². The number of rotatable bonds is 9. The van der Waals surface area contributed by atoms with Gasteiger partial charge in [-0.1, -0.05) is 29.2 Å². The Kier molecular flexibility index (Phi) is 8.01. The van der Waals surface area contributed by atoms with Crippen molar-refractivity contribution in [3.05, 3.63) is 46.7 Å². The predicted octanol–water partition coefficient (Wildman–Crippen LogP) is 4.60. The molecule has 7 nitrogen and oxygen atoms in total. The smallest absolute Gasteiger partial charge is 0.234 e. The lowest BCUT2D eigenvalue weighted by atomic mass is 10.2. The Morgan fingerprint density at radius 2 is 1.97 bits per heavy atom. The van der Waals surface area contributed by atoms with Crippen LogP contribution in [0.1, 0.15) is 18.7 Å². The van der Waals surface area contributed by atoms with E-state index in [1.165, 1.54) is 28.0 Å². The van der Waals surface area contributed by atoms with Gasteiger partial charge in [-0.2, -0.15) is 0 Å². The fourth-order valence-corrected chi connectivity index (χ4v) is 5.84. The molecule has 170 valence electrons. The molecule has 0 aliphatic carbocycles. The number of hydrogen-bond acceptors (Lipinski definition) is 9. The number of ether oxygens (including phenoxy) is 1. The van der Waals surface area contributed by atoms with Crippen LogP contribution in [-0.4, -0.2) is 53.7 Å². The minimum Gasteiger partial charge on any atom is -0.372 e. The highest BCUT2D eigenvalue weighted by atomic mass is 32.2. The van der Waals surface area contributed by atoms with E-state index in [0.29, 0.717) is 5.75 Å². The third kappa shape index (κ3) is 6.68. The third-order valence-corrected chi connectivity index (χ3v) is 7.85. The Bertz CT molecular complexity index is 983. The summed E-state index contributed by atoms with van der Waals surface area (Å²) < 4.78 is 6.58. The van der Waals surface area contributed by atoms with Crippen molar-refractivity contribution >= 4 is 56.8 Å². The number of carbonyl (C=O) groups is 1. The average Bonchev–Trinajstić information content (AvgIpc) is 3.44. The Balaban J connectivity index is 1.20. The first kappa shape index (κ1) is 23.0. The first-order chi connectivity index (χ1) is 15.5. The normalized spacial score (nSPS) is 18.5. The number of anilines is 3. The molecule has 4 rings (SSSR count). The van der Waals surface area contributed by atoms with Crippen LogP contribution in [0.3, 0.4) is 0 Å². The van der Waals surface area contributed by atoms with Crippen LogP contribution in [0.2, 0.25) is 0 Å². The zero-order valence-corrected chi connectivity index (χ0v) is 20.6. The van der Waals surface area contributed by atoms with E-state index in [4.69, 9.17) is 4.74 Å². The van der Waals surface area contributed by atoms with Gasteiger partial charge in [0, 0.05) is 35.9 Å². The van der Waals surface area contributed by atoms with E-state index >= 15 is 0 Å². The van der Waals surface area contributed by atoms with E-state index in [1.807, 2.05) is 24.3 Å². The summed E-state index contributed by atoms with van der Waals surface area (Å²) in [5, 5.41) is 17.4. The Hall–Kier alpha value is -2.14. The van der Waals surface area contributed by atoms with Gasteiger partial charge in [0.2, 0.25) is 11.0 Å². The van der Waals surface area contributed by atoms with Crippen molar-refractivity contribution in [2.24, 2.45) is 0 Å². The molecule has 0 bridgehead atoms. The molecular formula is C22H27N5O2S3. The SMILES string of the molecule is CC1CN(c2ccc(NC(=O)CSc3nnc(NCCc4cccs4)s3)cc2)CC(C)O1. The van der Waals surface area contributed by atoms with Crippen LogP contribution >= 0.6 is 34.4 Å². The second-order valence-corrected chi connectivity index (χ2v) is 10.9. The number of nitrogens with one attached hydrogen (secondary N) is 2. The summed E-state index contributed by atoms with van der Waals surface area (Å²) in [6.45, 7) is 6.76. The summed E-state index contributed by atoms with van der Waals surface area (Å²) in [5.41, 5.74) is 1.94. The van der Waals surface area contributed by atoms with Crippen molar-refractivity contribution in [1.82, 2.24) is 10.2 Å². The Morgan fingerprint density at radius 3 is 2.69 bits per heavy atom. The van der Waals surface area contributed by atoms with Gasteiger partial charge in [-0.05, 0) is 56.0 Å². The maximum absolute atomic E-state index is 12.4. The second kappa shape index (κ2) is 11.1. The predicted molar refractivity (Wildman–Crippen MR) is 134 cm³/mol. The third-order valence-electron chi connectivity index (χ3n) is 4.90. The molecule has 2 N–H and O–H groups in total. The number of nitrogens with zero attached hydrogens (tertiary/aromatic N) is 3. The van der Waals surface area contributed by atoms with Crippen molar-refractivity contribution in [3.63, 3.8) is 0 Å². The highest BCUT2D eigenvalue weighted by Gasteiger charge is 2.22. The molecule has 2 unspecified atom stereocenters. The van der Waals surface area contributed by atoms with Crippen LogP contribution in [0.5, 0.6) is 0 Å². The highest BCUT2D eigenvalue weighted by molar-refractivity contribution is 8.01. The topological polar surface area (TPSA) is 79.4 Å². The lowest BCUT2D eigenvalue weighted by Crippen LogP contribution is -2.45. The zero-order chi connectivity index (χ0) is 22.3. The zero-order valence-electron chi connectivity index (χ0n) is 18.1. The van der Waals surface area contributed by atoms with Gasteiger partial charge in [0.1, 0.15) is 0 Å². The summed E-state index contributed by atoms with van der Waals surface area (Å²) >= 11 is 4.63. The summed E-state index contributed by atoms with van der Waals surface area (Å²) in [6.07, 6.45) is 1.39. The minimum absolute atomic E-state index is 0.0567. The molecule has 3 aromatic rings. The van der Waals surface area contributed by atoms with Gasteiger partial charge in [0.05, 0.1) is 18.0 Å². The Morgan fingerprint density at radius 1 is 1.19 bits per heavy atom. The minimum atomic E-state index is -0.0567. The standard InChI is InChI=1S/C22H27N5O2S3/c1-15-12-27(13-16(2)29-15)18-7-5-17(6-8-18)24-20(28)14-31-22-26-25-21(32-22)23-10-9-19-4-3-11-30-19/h3-8,11,15-16H,9-10,12-14H2,1-2H3,(H,23,25)(H,24,28). The molecule has 2 atom stereocenters. The summed E-state index contributed by atoms with van der Waals surface area (Å²) in [5.74, 6) is 0.239. The summed E-state index contributed by atoms with van der Waals surface area (Å²) in [6, 6.07) is 12.2. The number of morpholine rings is 1. The van der Waals surface area contributed by atoms with Crippen LogP contribution in [0, 0.1) is 0 Å². The lowest BCUT2D eigenvalue weighted by molar-refractivity contribution is -0.113. The lowest BCUT2D eigenvalue weighted by Gasteiger charge is -2.36. The summed E-state index contributed by atoms with van der Waals surface area (Å²) in [4.78, 5) is 16.0. The maximum Gasteiger partial charge on any atom is 0.234 e. The molecule has 0 saturated carbocycles. The highest BCUT2D eigenvalue weighted by Crippen LogP contribution is 2.26. The van der Waals surface area contributed by atoms with Crippen molar-refractivity contribution < 1.29 is 9.53 Å². The average molecular weight is 490 g/mol. The van der Waals surface area contributed by atoms with E-state index in [2.05, 4.69) is 57.1 Å². The summed E-state index contributed by atoms with van der Waals surface area (Å²) in [7, 11) is 0. The van der Waals surface area contributed by atoms with E-state index in [-0.39, 0.29) is 18.1 Å². The maximum atomic E-state index is 12.4. The van der Waals surface area contributed by atoms with Crippen LogP contribution in [0.4, 0.5) is 16.5 Å². The van der Waals surface area contributed by atoms with Gasteiger partial charge >= 0.3 is 0 Å². The molecule has 3 heterocycles. The van der Waals surface area contributed by atoms with Crippen molar-refractivity contribution in [2.75, 3.05) is 40.9 Å². The van der Waals surface area contributed by atoms with E-state index in [9.17, 15) is 4.79 Å². The number of thioether (sulfide) groups is 1. The van der Waals surface area contributed by atoms with Gasteiger partial charge in [-0.15, -0.1) is 21.5 Å². The van der Waals surface area contributed by atoms with Gasteiger partial charge in [0.25, 0.3) is 0 Å². The first-order valence-corrected chi connectivity index (χ1v) is 13.3. The molecular weight excluding hydrogens is 462 g/mol. The molecule has 32 heavy (non-hydrogen) atoms. The first-order valence-electron chi connectivity index (χ1n) is 10.6. The Labute approximate surface area is 200 Å². The molecule has 1 aliphatic heterocycles. The van der Waals surface area contributed by atoms with E-state index < -0.39 is 0 Å². The number of thiophene rings is 1.